The van der Waals surface area contributed by atoms with Crippen LogP contribution in [0, 0.1) is 0 Å². The fourth-order valence-corrected chi connectivity index (χ4v) is 2.54. The van der Waals surface area contributed by atoms with Crippen LogP contribution in [-0.2, 0) is 4.79 Å². The van der Waals surface area contributed by atoms with Crippen molar-refractivity contribution < 1.29 is 4.79 Å². The molecular formula is C11H9Cl2N3OS. The van der Waals surface area contributed by atoms with Gasteiger partial charge in [0, 0.05) is 17.9 Å². The van der Waals surface area contributed by atoms with Gasteiger partial charge in [-0.2, -0.15) is 0 Å². The van der Waals surface area contributed by atoms with Crippen LogP contribution in [0.25, 0.3) is 10.6 Å². The topological polar surface area (TPSA) is 54.9 Å². The van der Waals surface area contributed by atoms with Gasteiger partial charge in [-0.15, -0.1) is 21.8 Å². The molecule has 1 N–H and O–H groups in total. The molecule has 0 aliphatic carbocycles. The number of rotatable bonds is 4. The minimum atomic E-state index is -0.174. The third-order valence-electron chi connectivity index (χ3n) is 2.10. The maximum atomic E-state index is 11.3. The van der Waals surface area contributed by atoms with Crippen LogP contribution in [0.1, 0.15) is 6.42 Å². The molecule has 0 aliphatic rings. The highest BCUT2D eigenvalue weighted by atomic mass is 35.5. The van der Waals surface area contributed by atoms with Crippen molar-refractivity contribution in [1.82, 2.24) is 10.2 Å². The summed E-state index contributed by atoms with van der Waals surface area (Å²) in [6, 6.07) is 7.35. The Morgan fingerprint density at radius 3 is 2.83 bits per heavy atom. The number of carbonyl (C=O) groups is 1. The first kappa shape index (κ1) is 13.3. The van der Waals surface area contributed by atoms with Crippen molar-refractivity contribution in [3.05, 3.63) is 29.3 Å². The largest absolute Gasteiger partial charge is 0.300 e. The number of nitrogens with zero attached hydrogens (tertiary/aromatic N) is 2. The van der Waals surface area contributed by atoms with E-state index in [0.717, 1.165) is 5.56 Å². The fraction of sp³-hybridized carbons (Fsp3) is 0.182. The van der Waals surface area contributed by atoms with E-state index in [1.807, 2.05) is 18.2 Å². The van der Waals surface area contributed by atoms with Crippen LogP contribution in [0.4, 0.5) is 5.13 Å². The van der Waals surface area contributed by atoms with Gasteiger partial charge in [0.2, 0.25) is 11.0 Å². The Hall–Kier alpha value is -1.17. The highest BCUT2D eigenvalue weighted by molar-refractivity contribution is 7.18. The first-order chi connectivity index (χ1) is 8.70. The Morgan fingerprint density at radius 1 is 1.33 bits per heavy atom. The maximum absolute atomic E-state index is 11.3. The van der Waals surface area contributed by atoms with Gasteiger partial charge in [0.05, 0.1) is 5.02 Å². The fourth-order valence-electron chi connectivity index (χ4n) is 1.28. The number of carbonyl (C=O) groups excluding carboxylic acids is 1. The third kappa shape index (κ3) is 3.19. The van der Waals surface area contributed by atoms with Crippen molar-refractivity contribution in [2.45, 2.75) is 6.42 Å². The summed E-state index contributed by atoms with van der Waals surface area (Å²) in [5, 5.41) is 12.2. The summed E-state index contributed by atoms with van der Waals surface area (Å²) >= 11 is 12.8. The molecule has 94 valence electrons. The van der Waals surface area contributed by atoms with E-state index in [4.69, 9.17) is 23.2 Å². The number of halogens is 2. The molecular weight excluding hydrogens is 293 g/mol. The lowest BCUT2D eigenvalue weighted by molar-refractivity contribution is -0.115. The third-order valence-corrected chi connectivity index (χ3v) is 3.49. The van der Waals surface area contributed by atoms with Gasteiger partial charge in [-0.1, -0.05) is 41.1 Å². The minimum Gasteiger partial charge on any atom is -0.300 e. The maximum Gasteiger partial charge on any atom is 0.227 e. The summed E-state index contributed by atoms with van der Waals surface area (Å²) in [6.07, 6.45) is 0.253. The predicted octanol–water partition coefficient (Wildman–Crippen LogP) is 3.43. The van der Waals surface area contributed by atoms with E-state index in [-0.39, 0.29) is 18.2 Å². The highest BCUT2D eigenvalue weighted by Crippen LogP contribution is 2.31. The van der Waals surface area contributed by atoms with E-state index in [0.29, 0.717) is 15.2 Å². The second-order valence-corrected chi connectivity index (χ2v) is 5.14. The summed E-state index contributed by atoms with van der Waals surface area (Å²) in [5.41, 5.74) is 0.800. The molecule has 0 atom stereocenters. The molecule has 2 rings (SSSR count). The quantitative estimate of drug-likeness (QED) is 0.880. The Labute approximate surface area is 118 Å². The van der Waals surface area contributed by atoms with Crippen LogP contribution in [-0.4, -0.2) is 22.0 Å². The lowest BCUT2D eigenvalue weighted by atomic mass is 10.2. The van der Waals surface area contributed by atoms with Crippen molar-refractivity contribution in [3.63, 3.8) is 0 Å². The molecule has 1 aromatic carbocycles. The predicted molar refractivity (Wildman–Crippen MR) is 74.3 cm³/mol. The van der Waals surface area contributed by atoms with Crippen molar-refractivity contribution in [1.29, 1.82) is 0 Å². The Kier molecular flexibility index (Phi) is 4.52. The van der Waals surface area contributed by atoms with Crippen LogP contribution >= 0.6 is 34.5 Å². The molecule has 1 aromatic heterocycles. The smallest absolute Gasteiger partial charge is 0.227 e. The summed E-state index contributed by atoms with van der Waals surface area (Å²) < 4.78 is 0. The van der Waals surface area contributed by atoms with Gasteiger partial charge >= 0.3 is 0 Å². The van der Waals surface area contributed by atoms with E-state index in [1.54, 1.807) is 6.07 Å². The van der Waals surface area contributed by atoms with E-state index >= 15 is 0 Å². The molecule has 0 unspecified atom stereocenters. The van der Waals surface area contributed by atoms with Gasteiger partial charge in [-0.05, 0) is 6.07 Å². The number of amides is 1. The van der Waals surface area contributed by atoms with Gasteiger partial charge in [0.1, 0.15) is 0 Å². The molecule has 4 nitrogen and oxygen atoms in total. The van der Waals surface area contributed by atoms with Gasteiger partial charge in [0.25, 0.3) is 0 Å². The summed E-state index contributed by atoms with van der Waals surface area (Å²) in [5.74, 6) is 0.106. The first-order valence-corrected chi connectivity index (χ1v) is 6.88. The van der Waals surface area contributed by atoms with E-state index in [1.165, 1.54) is 11.3 Å². The zero-order chi connectivity index (χ0) is 13.0. The van der Waals surface area contributed by atoms with E-state index < -0.39 is 0 Å². The van der Waals surface area contributed by atoms with Crippen LogP contribution in [0.2, 0.25) is 5.02 Å². The van der Waals surface area contributed by atoms with Crippen molar-refractivity contribution in [3.8, 4) is 10.6 Å². The van der Waals surface area contributed by atoms with Crippen LogP contribution in [0.5, 0.6) is 0 Å². The van der Waals surface area contributed by atoms with Crippen LogP contribution in [0.3, 0.4) is 0 Å². The van der Waals surface area contributed by atoms with Gasteiger partial charge < -0.3 is 5.32 Å². The molecule has 0 saturated carbocycles. The summed E-state index contributed by atoms with van der Waals surface area (Å²) in [4.78, 5) is 11.3. The SMILES string of the molecule is O=C(CCCl)Nc1nnc(-c2ccccc2Cl)s1. The molecule has 0 fully saturated rings. The number of aromatic nitrogens is 2. The van der Waals surface area contributed by atoms with Crippen molar-refractivity contribution in [2.75, 3.05) is 11.2 Å². The molecule has 0 bridgehead atoms. The molecule has 18 heavy (non-hydrogen) atoms. The Bertz CT molecular complexity index is 559. The average Bonchev–Trinajstić information content (AvgIpc) is 2.78. The first-order valence-electron chi connectivity index (χ1n) is 5.15. The zero-order valence-corrected chi connectivity index (χ0v) is 11.5. The second kappa shape index (κ2) is 6.13. The molecule has 0 aliphatic heterocycles. The lowest BCUT2D eigenvalue weighted by Crippen LogP contribution is -2.11. The summed E-state index contributed by atoms with van der Waals surface area (Å²) in [7, 11) is 0. The number of nitrogens with one attached hydrogen (secondary N) is 1. The average molecular weight is 302 g/mol. The van der Waals surface area contributed by atoms with E-state index in [9.17, 15) is 4.79 Å². The minimum absolute atomic E-state index is 0.174. The van der Waals surface area contributed by atoms with Crippen LogP contribution in [0.15, 0.2) is 24.3 Å². The Morgan fingerprint density at radius 2 is 2.11 bits per heavy atom. The highest BCUT2D eigenvalue weighted by Gasteiger charge is 2.11. The molecule has 7 heteroatoms. The second-order valence-electron chi connectivity index (χ2n) is 3.38. The normalized spacial score (nSPS) is 10.3. The van der Waals surface area contributed by atoms with Crippen molar-refractivity contribution >= 4 is 45.6 Å². The molecule has 0 spiro atoms. The van der Waals surface area contributed by atoms with E-state index in [2.05, 4.69) is 15.5 Å². The van der Waals surface area contributed by atoms with Gasteiger partial charge in [-0.3, -0.25) is 4.79 Å². The standard InChI is InChI=1S/C11H9Cl2N3OS/c12-6-5-9(17)14-11-16-15-10(18-11)7-3-1-2-4-8(7)13/h1-4H,5-6H2,(H,14,16,17). The Balaban J connectivity index is 2.16. The van der Waals surface area contributed by atoms with Crippen LogP contribution < -0.4 is 5.32 Å². The molecule has 0 saturated heterocycles. The monoisotopic (exact) mass is 301 g/mol. The number of anilines is 1. The van der Waals surface area contributed by atoms with Gasteiger partial charge in [0.15, 0.2) is 5.01 Å². The zero-order valence-electron chi connectivity index (χ0n) is 9.19. The molecule has 0 radical (unpaired) electrons. The molecule has 1 heterocycles. The van der Waals surface area contributed by atoms with Gasteiger partial charge in [-0.25, -0.2) is 0 Å². The van der Waals surface area contributed by atoms with Crippen molar-refractivity contribution in [2.24, 2.45) is 0 Å². The number of hydrogen-bond donors (Lipinski definition) is 1. The molecule has 2 aromatic rings. The molecule has 1 amide bonds. The number of hydrogen-bond acceptors (Lipinski definition) is 4. The summed E-state index contributed by atoms with van der Waals surface area (Å²) in [6.45, 7) is 0. The number of alkyl halides is 1. The lowest BCUT2D eigenvalue weighted by Gasteiger charge is -1.98. The number of benzene rings is 1.